The van der Waals surface area contributed by atoms with Gasteiger partial charge < -0.3 is 14.8 Å². The lowest BCUT2D eigenvalue weighted by Gasteiger charge is -2.18. The maximum absolute atomic E-state index is 5.37. The number of nitrogens with one attached hydrogen (secondary N) is 1. The highest BCUT2D eigenvalue weighted by Crippen LogP contribution is 2.29. The minimum Gasteiger partial charge on any atom is -0.493 e. The molecule has 0 bridgehead atoms. The van der Waals surface area contributed by atoms with Crippen molar-refractivity contribution in [2.45, 2.75) is 19.4 Å². The van der Waals surface area contributed by atoms with Crippen LogP contribution in [-0.2, 0) is 6.42 Å². The van der Waals surface area contributed by atoms with Crippen molar-refractivity contribution in [2.75, 3.05) is 21.3 Å². The summed E-state index contributed by atoms with van der Waals surface area (Å²) in [4.78, 5) is 0. The molecule has 0 fully saturated rings. The topological polar surface area (TPSA) is 30.5 Å². The first kappa shape index (κ1) is 15.4. The maximum atomic E-state index is 5.37. The van der Waals surface area contributed by atoms with Crippen LogP contribution < -0.4 is 14.8 Å². The molecule has 3 heteroatoms. The summed E-state index contributed by atoms with van der Waals surface area (Å²) >= 11 is 0. The van der Waals surface area contributed by atoms with Crippen LogP contribution in [0.4, 0.5) is 0 Å². The summed E-state index contributed by atoms with van der Waals surface area (Å²) in [5.41, 5.74) is 3.79. The Morgan fingerprint density at radius 3 is 2.38 bits per heavy atom. The van der Waals surface area contributed by atoms with Crippen LogP contribution in [0, 0.1) is 6.92 Å². The lowest BCUT2D eigenvalue weighted by atomic mass is 9.97. The molecule has 0 aromatic heterocycles. The van der Waals surface area contributed by atoms with Crippen LogP contribution in [0.15, 0.2) is 42.5 Å². The number of hydrogen-bond acceptors (Lipinski definition) is 3. The Bertz CT molecular complexity index is 596. The SMILES string of the molecule is CNC(Cc1ccc(OC)c(OC)c1)c1cccc(C)c1. The first-order chi connectivity index (χ1) is 10.2. The molecule has 1 unspecified atom stereocenters. The van der Waals surface area contributed by atoms with Crippen molar-refractivity contribution in [3.63, 3.8) is 0 Å². The average molecular weight is 285 g/mol. The van der Waals surface area contributed by atoms with Gasteiger partial charge in [-0.2, -0.15) is 0 Å². The van der Waals surface area contributed by atoms with Crippen LogP contribution in [0.2, 0.25) is 0 Å². The zero-order chi connectivity index (χ0) is 15.2. The lowest BCUT2D eigenvalue weighted by Crippen LogP contribution is -2.19. The number of benzene rings is 2. The second-order valence-corrected chi connectivity index (χ2v) is 5.15. The third-order valence-corrected chi connectivity index (χ3v) is 3.68. The van der Waals surface area contributed by atoms with Crippen LogP contribution in [-0.4, -0.2) is 21.3 Å². The fraction of sp³-hybridized carbons (Fsp3) is 0.333. The van der Waals surface area contributed by atoms with Gasteiger partial charge in [-0.15, -0.1) is 0 Å². The zero-order valence-corrected chi connectivity index (χ0v) is 13.1. The van der Waals surface area contributed by atoms with E-state index in [4.69, 9.17) is 9.47 Å². The van der Waals surface area contributed by atoms with E-state index in [9.17, 15) is 0 Å². The van der Waals surface area contributed by atoms with Gasteiger partial charge in [0.2, 0.25) is 0 Å². The molecule has 2 aromatic rings. The Morgan fingerprint density at radius 1 is 1.00 bits per heavy atom. The molecule has 1 atom stereocenters. The summed E-state index contributed by atoms with van der Waals surface area (Å²) in [6.45, 7) is 2.12. The standard InChI is InChI=1S/C18H23NO2/c1-13-6-5-7-15(10-13)16(19-2)11-14-8-9-17(20-3)18(12-14)21-4/h5-10,12,16,19H,11H2,1-4H3. The van der Waals surface area contributed by atoms with Gasteiger partial charge in [-0.1, -0.05) is 35.9 Å². The monoisotopic (exact) mass is 285 g/mol. The van der Waals surface area contributed by atoms with Gasteiger partial charge in [-0.05, 0) is 43.7 Å². The molecule has 112 valence electrons. The first-order valence-electron chi connectivity index (χ1n) is 7.12. The van der Waals surface area contributed by atoms with Gasteiger partial charge in [0.05, 0.1) is 14.2 Å². The molecule has 0 aliphatic heterocycles. The van der Waals surface area contributed by atoms with Crippen LogP contribution in [0.1, 0.15) is 22.7 Å². The van der Waals surface area contributed by atoms with E-state index in [0.29, 0.717) is 0 Å². The van der Waals surface area contributed by atoms with Gasteiger partial charge >= 0.3 is 0 Å². The number of aryl methyl sites for hydroxylation is 1. The highest BCUT2D eigenvalue weighted by Gasteiger charge is 2.12. The first-order valence-corrected chi connectivity index (χ1v) is 7.12. The Balaban J connectivity index is 2.22. The quantitative estimate of drug-likeness (QED) is 0.881. The molecule has 0 radical (unpaired) electrons. The fourth-order valence-electron chi connectivity index (χ4n) is 2.52. The minimum atomic E-state index is 0.281. The van der Waals surface area contributed by atoms with Crippen molar-refractivity contribution >= 4 is 0 Å². The number of ether oxygens (including phenoxy) is 2. The molecule has 0 saturated carbocycles. The van der Waals surface area contributed by atoms with Crippen LogP contribution >= 0.6 is 0 Å². The summed E-state index contributed by atoms with van der Waals surface area (Å²) in [6, 6.07) is 15.0. The van der Waals surface area contributed by atoms with Crippen molar-refractivity contribution in [1.29, 1.82) is 0 Å². The van der Waals surface area contributed by atoms with E-state index in [-0.39, 0.29) is 6.04 Å². The molecular formula is C18H23NO2. The summed E-state index contributed by atoms with van der Waals surface area (Å²) in [6.07, 6.45) is 0.903. The third kappa shape index (κ3) is 3.76. The zero-order valence-electron chi connectivity index (χ0n) is 13.1. The Labute approximate surface area is 126 Å². The van der Waals surface area contributed by atoms with Crippen LogP contribution in [0.25, 0.3) is 0 Å². The largest absolute Gasteiger partial charge is 0.493 e. The van der Waals surface area contributed by atoms with Crippen LogP contribution in [0.5, 0.6) is 11.5 Å². The molecule has 0 aliphatic rings. The second kappa shape index (κ2) is 7.14. The summed E-state index contributed by atoms with van der Waals surface area (Å²) < 4.78 is 10.7. The van der Waals surface area contributed by atoms with E-state index in [1.807, 2.05) is 19.2 Å². The molecule has 0 amide bonds. The third-order valence-electron chi connectivity index (χ3n) is 3.68. The van der Waals surface area contributed by atoms with E-state index in [2.05, 4.69) is 42.6 Å². The van der Waals surface area contributed by atoms with E-state index < -0.39 is 0 Å². The maximum Gasteiger partial charge on any atom is 0.160 e. The predicted molar refractivity (Wildman–Crippen MR) is 86.2 cm³/mol. The van der Waals surface area contributed by atoms with Gasteiger partial charge in [0.25, 0.3) is 0 Å². The fourth-order valence-corrected chi connectivity index (χ4v) is 2.52. The van der Waals surface area contributed by atoms with Gasteiger partial charge in [0.1, 0.15) is 0 Å². The van der Waals surface area contributed by atoms with Crippen molar-refractivity contribution in [3.05, 3.63) is 59.2 Å². The molecule has 0 spiro atoms. The normalized spacial score (nSPS) is 12.0. The molecule has 1 N–H and O–H groups in total. The van der Waals surface area contributed by atoms with Crippen molar-refractivity contribution in [1.82, 2.24) is 5.32 Å². The van der Waals surface area contributed by atoms with Gasteiger partial charge in [0.15, 0.2) is 11.5 Å². The van der Waals surface area contributed by atoms with Crippen molar-refractivity contribution in [3.8, 4) is 11.5 Å². The number of rotatable bonds is 6. The molecule has 21 heavy (non-hydrogen) atoms. The van der Waals surface area contributed by atoms with Gasteiger partial charge in [-0.25, -0.2) is 0 Å². The molecule has 2 aromatic carbocycles. The lowest BCUT2D eigenvalue weighted by molar-refractivity contribution is 0.354. The minimum absolute atomic E-state index is 0.281. The molecule has 2 rings (SSSR count). The molecular weight excluding hydrogens is 262 g/mol. The molecule has 0 saturated heterocycles. The highest BCUT2D eigenvalue weighted by atomic mass is 16.5. The van der Waals surface area contributed by atoms with E-state index in [0.717, 1.165) is 17.9 Å². The smallest absolute Gasteiger partial charge is 0.160 e. The number of hydrogen-bond donors (Lipinski definition) is 1. The summed E-state index contributed by atoms with van der Waals surface area (Å²) in [7, 11) is 5.31. The number of likely N-dealkylation sites (N-methyl/N-ethyl adjacent to an activating group) is 1. The molecule has 0 aliphatic carbocycles. The highest BCUT2D eigenvalue weighted by molar-refractivity contribution is 5.43. The van der Waals surface area contributed by atoms with Crippen molar-refractivity contribution in [2.24, 2.45) is 0 Å². The average Bonchev–Trinajstić information content (AvgIpc) is 2.52. The second-order valence-electron chi connectivity index (χ2n) is 5.15. The van der Waals surface area contributed by atoms with E-state index >= 15 is 0 Å². The Hall–Kier alpha value is -2.00. The van der Waals surface area contributed by atoms with E-state index in [1.54, 1.807) is 14.2 Å². The predicted octanol–water partition coefficient (Wildman–Crippen LogP) is 3.52. The van der Waals surface area contributed by atoms with Crippen molar-refractivity contribution < 1.29 is 9.47 Å². The Kier molecular flexibility index (Phi) is 5.23. The van der Waals surface area contributed by atoms with Gasteiger partial charge in [0, 0.05) is 6.04 Å². The van der Waals surface area contributed by atoms with E-state index in [1.165, 1.54) is 16.7 Å². The van der Waals surface area contributed by atoms with Gasteiger partial charge in [-0.3, -0.25) is 0 Å². The summed E-state index contributed by atoms with van der Waals surface area (Å²) in [5, 5.41) is 3.39. The molecule has 3 nitrogen and oxygen atoms in total. The molecule has 0 heterocycles. The number of methoxy groups -OCH3 is 2. The Morgan fingerprint density at radius 2 is 1.76 bits per heavy atom. The summed E-state index contributed by atoms with van der Waals surface area (Å²) in [5.74, 6) is 1.53. The van der Waals surface area contributed by atoms with Crippen LogP contribution in [0.3, 0.4) is 0 Å².